The van der Waals surface area contributed by atoms with Gasteiger partial charge in [0.05, 0.1) is 0 Å². The molecule has 37 heavy (non-hydrogen) atoms. The number of hydrogen-bond acceptors (Lipinski definition) is 0. The molecule has 192 valence electrons. The van der Waals surface area contributed by atoms with Crippen molar-refractivity contribution in [1.82, 2.24) is 0 Å². The highest BCUT2D eigenvalue weighted by atomic mass is 14.5. The first kappa shape index (κ1) is 25.8. The first-order valence-electron chi connectivity index (χ1n) is 14.3. The SMILES string of the molecule is C=C1C(=CC2=CC=C(c3cccc(C(C)(C)C)c3)C2)CC2=CC(C)C(C(=C)CCC)C(C3=CC=CC3)C12. The summed E-state index contributed by atoms with van der Waals surface area (Å²) < 4.78 is 0. The lowest BCUT2D eigenvalue weighted by molar-refractivity contribution is 0.281. The van der Waals surface area contributed by atoms with Gasteiger partial charge in [-0.1, -0.05) is 138 Å². The lowest BCUT2D eigenvalue weighted by Crippen LogP contribution is -2.34. The van der Waals surface area contributed by atoms with Crippen molar-refractivity contribution in [2.24, 2.45) is 23.7 Å². The molecule has 0 heteroatoms. The summed E-state index contributed by atoms with van der Waals surface area (Å²) in [5.41, 5.74) is 13.1. The Morgan fingerprint density at radius 2 is 1.89 bits per heavy atom. The average molecular weight is 489 g/mol. The fourth-order valence-corrected chi connectivity index (χ4v) is 7.12. The zero-order valence-electron chi connectivity index (χ0n) is 23.6. The van der Waals surface area contributed by atoms with E-state index in [0.717, 1.165) is 25.7 Å². The Kier molecular flexibility index (Phi) is 7.06. The lowest BCUT2D eigenvalue weighted by atomic mass is 9.62. The Hall–Kier alpha value is -2.86. The Balaban J connectivity index is 1.38. The van der Waals surface area contributed by atoms with Crippen LogP contribution in [0, 0.1) is 23.7 Å². The summed E-state index contributed by atoms with van der Waals surface area (Å²) in [6.07, 6.45) is 22.0. The van der Waals surface area contributed by atoms with Crippen LogP contribution < -0.4 is 0 Å². The monoisotopic (exact) mass is 488 g/mol. The Morgan fingerprint density at radius 1 is 1.08 bits per heavy atom. The Labute approximate surface area is 225 Å². The molecule has 1 aromatic rings. The molecule has 0 heterocycles. The molecule has 1 fully saturated rings. The zero-order valence-corrected chi connectivity index (χ0v) is 23.6. The van der Waals surface area contributed by atoms with Crippen molar-refractivity contribution in [3.63, 3.8) is 0 Å². The van der Waals surface area contributed by atoms with E-state index >= 15 is 0 Å². The maximum absolute atomic E-state index is 4.73. The van der Waals surface area contributed by atoms with Crippen LogP contribution in [0.4, 0.5) is 0 Å². The molecule has 0 saturated heterocycles. The van der Waals surface area contributed by atoms with Crippen LogP contribution in [0.15, 0.2) is 113 Å². The standard InChI is InChI=1S/C37H44/c1-8-12-24(2)34-25(3)19-32-22-31(26(4)35(32)36(34)28-13-9-10-14-28)21-27-17-18-30(20-27)29-15-11-16-33(23-29)37(5,6)7/h9-11,13,15-19,21,23,25,34-36H,2,4,8,12,14,20,22H2,1,3,5-7H3. The molecule has 0 aliphatic heterocycles. The molecular weight excluding hydrogens is 444 g/mol. The van der Waals surface area contributed by atoms with Gasteiger partial charge in [0.1, 0.15) is 0 Å². The molecule has 0 nitrogen and oxygen atoms in total. The van der Waals surface area contributed by atoms with Gasteiger partial charge in [-0.25, -0.2) is 0 Å². The smallest absolute Gasteiger partial charge is 0.0120 e. The van der Waals surface area contributed by atoms with Gasteiger partial charge in [0.15, 0.2) is 0 Å². The van der Waals surface area contributed by atoms with Crippen LogP contribution >= 0.6 is 0 Å². The van der Waals surface area contributed by atoms with Gasteiger partial charge < -0.3 is 0 Å². The Morgan fingerprint density at radius 3 is 2.59 bits per heavy atom. The van der Waals surface area contributed by atoms with Crippen molar-refractivity contribution in [1.29, 1.82) is 0 Å². The quantitative estimate of drug-likeness (QED) is 0.349. The minimum atomic E-state index is 0.164. The van der Waals surface area contributed by atoms with Crippen molar-refractivity contribution < 1.29 is 0 Å². The first-order valence-corrected chi connectivity index (χ1v) is 14.3. The molecular formula is C37H44. The molecule has 4 atom stereocenters. The van der Waals surface area contributed by atoms with E-state index in [9.17, 15) is 0 Å². The van der Waals surface area contributed by atoms with E-state index in [1.807, 2.05) is 0 Å². The van der Waals surface area contributed by atoms with Crippen LogP contribution in [0.2, 0.25) is 0 Å². The van der Waals surface area contributed by atoms with Crippen LogP contribution in [-0.4, -0.2) is 0 Å². The molecule has 0 N–H and O–H groups in total. The molecule has 1 saturated carbocycles. The summed E-state index contributed by atoms with van der Waals surface area (Å²) in [7, 11) is 0. The van der Waals surface area contributed by atoms with Crippen molar-refractivity contribution in [2.75, 3.05) is 0 Å². The van der Waals surface area contributed by atoms with Gasteiger partial charge in [0, 0.05) is 5.92 Å². The zero-order chi connectivity index (χ0) is 26.3. The summed E-state index contributed by atoms with van der Waals surface area (Å²) in [4.78, 5) is 0. The van der Waals surface area contributed by atoms with E-state index in [1.54, 1.807) is 11.1 Å². The molecule has 0 spiro atoms. The van der Waals surface area contributed by atoms with Gasteiger partial charge in [0.2, 0.25) is 0 Å². The minimum Gasteiger partial charge on any atom is -0.0995 e. The summed E-state index contributed by atoms with van der Waals surface area (Å²) >= 11 is 0. The predicted octanol–water partition coefficient (Wildman–Crippen LogP) is 10.3. The molecule has 0 aromatic heterocycles. The second kappa shape index (κ2) is 10.1. The van der Waals surface area contributed by atoms with Crippen LogP contribution in [-0.2, 0) is 5.41 Å². The van der Waals surface area contributed by atoms with Gasteiger partial charge in [-0.05, 0) is 82.3 Å². The molecule has 0 radical (unpaired) electrons. The lowest BCUT2D eigenvalue weighted by Gasteiger charge is -2.42. The van der Waals surface area contributed by atoms with Crippen molar-refractivity contribution >= 4 is 5.57 Å². The number of fused-ring (bicyclic) bond motifs is 1. The molecule has 1 aromatic carbocycles. The van der Waals surface area contributed by atoms with Crippen molar-refractivity contribution in [3.8, 4) is 0 Å². The van der Waals surface area contributed by atoms with Crippen LogP contribution in [0.25, 0.3) is 5.57 Å². The number of hydrogen-bond donors (Lipinski definition) is 0. The third kappa shape index (κ3) is 5.00. The molecule has 0 bridgehead atoms. The normalized spacial score (nSPS) is 28.2. The number of rotatable bonds is 6. The van der Waals surface area contributed by atoms with E-state index < -0.39 is 0 Å². The van der Waals surface area contributed by atoms with Crippen molar-refractivity contribution in [2.45, 2.75) is 72.1 Å². The van der Waals surface area contributed by atoms with Gasteiger partial charge in [-0.15, -0.1) is 0 Å². The second-order valence-corrected chi connectivity index (χ2v) is 12.7. The second-order valence-electron chi connectivity index (χ2n) is 12.7. The van der Waals surface area contributed by atoms with Crippen LogP contribution in [0.1, 0.15) is 77.8 Å². The van der Waals surface area contributed by atoms with Crippen LogP contribution in [0.3, 0.4) is 0 Å². The van der Waals surface area contributed by atoms with Crippen molar-refractivity contribution in [3.05, 3.63) is 125 Å². The van der Waals surface area contributed by atoms with E-state index in [1.165, 1.54) is 45.4 Å². The van der Waals surface area contributed by atoms with Gasteiger partial charge in [0.25, 0.3) is 0 Å². The third-order valence-electron chi connectivity index (χ3n) is 8.99. The molecule has 5 rings (SSSR count). The topological polar surface area (TPSA) is 0 Å². The van der Waals surface area contributed by atoms with E-state index in [0.29, 0.717) is 23.7 Å². The summed E-state index contributed by atoms with van der Waals surface area (Å²) in [6, 6.07) is 9.10. The molecule has 4 unspecified atom stereocenters. The minimum absolute atomic E-state index is 0.164. The maximum Gasteiger partial charge on any atom is 0.0120 e. The summed E-state index contributed by atoms with van der Waals surface area (Å²) in [5.74, 6) is 1.95. The highest BCUT2D eigenvalue weighted by molar-refractivity contribution is 5.74. The third-order valence-corrected chi connectivity index (χ3v) is 8.99. The molecule has 0 amide bonds. The fraction of sp³-hybridized carbons (Fsp3) is 0.405. The van der Waals surface area contributed by atoms with Gasteiger partial charge >= 0.3 is 0 Å². The number of benzene rings is 1. The molecule has 4 aliphatic carbocycles. The van der Waals surface area contributed by atoms with Crippen LogP contribution in [0.5, 0.6) is 0 Å². The highest BCUT2D eigenvalue weighted by Crippen LogP contribution is 2.56. The largest absolute Gasteiger partial charge is 0.0995 e. The number of allylic oxidation sites excluding steroid dienone is 14. The van der Waals surface area contributed by atoms with E-state index in [2.05, 4.69) is 108 Å². The Bertz CT molecular complexity index is 1290. The first-order chi connectivity index (χ1) is 17.7. The fourth-order valence-electron chi connectivity index (χ4n) is 7.12. The van der Waals surface area contributed by atoms with E-state index in [4.69, 9.17) is 6.58 Å². The van der Waals surface area contributed by atoms with E-state index in [-0.39, 0.29) is 5.41 Å². The molecule has 4 aliphatic rings. The van der Waals surface area contributed by atoms with Gasteiger partial charge in [-0.2, -0.15) is 0 Å². The summed E-state index contributed by atoms with van der Waals surface area (Å²) in [5, 5.41) is 0. The van der Waals surface area contributed by atoms with Gasteiger partial charge in [-0.3, -0.25) is 0 Å². The maximum atomic E-state index is 4.73. The highest BCUT2D eigenvalue weighted by Gasteiger charge is 2.45. The summed E-state index contributed by atoms with van der Waals surface area (Å²) in [6.45, 7) is 20.9. The predicted molar refractivity (Wildman–Crippen MR) is 161 cm³/mol. The average Bonchev–Trinajstić information content (AvgIpc) is 3.60.